The van der Waals surface area contributed by atoms with Crippen molar-refractivity contribution in [3.63, 3.8) is 0 Å². The largest absolute Gasteiger partial charge is 0.325 e. The first kappa shape index (κ1) is 24.1. The first-order valence-corrected chi connectivity index (χ1v) is 13.7. The minimum absolute atomic E-state index is 0.273. The molecule has 1 saturated heterocycles. The van der Waals surface area contributed by atoms with Crippen LogP contribution in [0.2, 0.25) is 0 Å². The summed E-state index contributed by atoms with van der Waals surface area (Å²) in [4.78, 5) is 2.85. The summed E-state index contributed by atoms with van der Waals surface area (Å²) in [5.41, 5.74) is 3.95. The Morgan fingerprint density at radius 3 is 2.51 bits per heavy atom. The number of hydrogen-bond donors (Lipinski definition) is 1. The number of halogens is 1. The van der Waals surface area contributed by atoms with Crippen LogP contribution in [0.4, 0.5) is 4.39 Å². The van der Waals surface area contributed by atoms with Crippen molar-refractivity contribution in [3.8, 4) is 5.69 Å². The highest BCUT2D eigenvalue weighted by Crippen LogP contribution is 2.46. The number of piperidine rings is 1. The molecule has 184 valence electrons. The van der Waals surface area contributed by atoms with E-state index in [2.05, 4.69) is 29.9 Å². The lowest BCUT2D eigenvalue weighted by atomic mass is 9.68. The fourth-order valence-corrected chi connectivity index (χ4v) is 7.03. The molecule has 1 N–H and O–H groups in total. The van der Waals surface area contributed by atoms with Gasteiger partial charge in [0, 0.05) is 12.0 Å². The van der Waals surface area contributed by atoms with Crippen molar-refractivity contribution in [2.75, 3.05) is 32.7 Å². The van der Waals surface area contributed by atoms with Gasteiger partial charge in [-0.1, -0.05) is 41.9 Å². The van der Waals surface area contributed by atoms with Crippen LogP contribution in [-0.4, -0.2) is 56.3 Å². The Labute approximate surface area is 207 Å². The van der Waals surface area contributed by atoms with Gasteiger partial charge in [0.25, 0.3) is 0 Å². The van der Waals surface area contributed by atoms with Gasteiger partial charge in [0.1, 0.15) is 5.82 Å². The van der Waals surface area contributed by atoms with E-state index in [0.29, 0.717) is 24.4 Å². The number of hydrogen-bond acceptors (Lipinski definition) is 3. The molecule has 2 atom stereocenters. The van der Waals surface area contributed by atoms with E-state index >= 15 is 0 Å². The van der Waals surface area contributed by atoms with Crippen LogP contribution >= 0.6 is 0 Å². The van der Waals surface area contributed by atoms with Crippen molar-refractivity contribution in [2.24, 2.45) is 5.41 Å². The maximum Gasteiger partial charge on any atom is 0.325 e. The highest BCUT2D eigenvalue weighted by Gasteiger charge is 2.51. The second kappa shape index (κ2) is 9.43. The molecule has 8 heteroatoms. The van der Waals surface area contributed by atoms with E-state index in [9.17, 15) is 13.2 Å². The van der Waals surface area contributed by atoms with E-state index in [4.69, 9.17) is 0 Å². The Bertz CT molecular complexity index is 1270. The summed E-state index contributed by atoms with van der Waals surface area (Å²) < 4.78 is 42.0. The van der Waals surface area contributed by atoms with Crippen LogP contribution in [0.3, 0.4) is 0 Å². The second-order valence-electron chi connectivity index (χ2n) is 9.45. The average Bonchev–Trinajstić information content (AvgIpc) is 3.28. The predicted octanol–water partition coefficient (Wildman–Crippen LogP) is 4.93. The van der Waals surface area contributed by atoms with Gasteiger partial charge in [-0.15, -0.1) is 0 Å². The van der Waals surface area contributed by atoms with Crippen LogP contribution in [0.5, 0.6) is 0 Å². The van der Waals surface area contributed by atoms with Crippen LogP contribution < -0.4 is 0 Å². The fourth-order valence-electron chi connectivity index (χ4n) is 5.46. The summed E-state index contributed by atoms with van der Waals surface area (Å²) in [6, 6.07) is 15.3. The number of nitrogens with zero attached hydrogens (tertiary/aromatic N) is 4. The molecule has 2 aliphatic rings. The first-order valence-electron chi connectivity index (χ1n) is 12.2. The summed E-state index contributed by atoms with van der Waals surface area (Å²) in [5.74, 6) is -0.273. The van der Waals surface area contributed by atoms with Crippen LogP contribution in [-0.2, 0) is 21.0 Å². The Kier molecular flexibility index (Phi) is 6.48. The average molecular weight is 496 g/mol. The van der Waals surface area contributed by atoms with Gasteiger partial charge in [0.15, 0.2) is 0 Å². The Morgan fingerprint density at radius 2 is 1.83 bits per heavy atom. The third kappa shape index (κ3) is 4.40. The third-order valence-electron chi connectivity index (χ3n) is 7.41. The van der Waals surface area contributed by atoms with Crippen molar-refractivity contribution < 1.29 is 13.2 Å². The van der Waals surface area contributed by atoms with Crippen molar-refractivity contribution >= 4 is 16.5 Å². The van der Waals surface area contributed by atoms with E-state index < -0.39 is 10.4 Å². The number of rotatable bonds is 7. The van der Waals surface area contributed by atoms with Gasteiger partial charge in [0.2, 0.25) is 4.90 Å². The molecule has 0 radical (unpaired) electrons. The van der Waals surface area contributed by atoms with Gasteiger partial charge in [0.05, 0.1) is 30.7 Å². The molecule has 0 saturated carbocycles. The number of aromatic nitrogens is 2. The SMILES string of the molecule is CCN(CC)C[C@]12Cc3cnn(-c4ccc(F)cc4)c3C=C1CCN([S+](=O)(O)c1ccccc1)C2. The maximum absolute atomic E-state index is 13.6. The van der Waals surface area contributed by atoms with Crippen molar-refractivity contribution in [1.82, 2.24) is 19.0 Å². The van der Waals surface area contributed by atoms with Crippen molar-refractivity contribution in [1.29, 1.82) is 0 Å². The molecule has 35 heavy (non-hydrogen) atoms. The lowest BCUT2D eigenvalue weighted by molar-refractivity contribution is 0.133. The van der Waals surface area contributed by atoms with Crippen LogP contribution in [0.15, 0.2) is 71.3 Å². The first-order chi connectivity index (χ1) is 16.9. The minimum Gasteiger partial charge on any atom is -0.303 e. The van der Waals surface area contributed by atoms with Gasteiger partial charge in [-0.25, -0.2) is 9.07 Å². The smallest absolute Gasteiger partial charge is 0.303 e. The van der Waals surface area contributed by atoms with Crippen molar-refractivity contribution in [3.05, 3.63) is 83.4 Å². The molecule has 1 aliphatic carbocycles. The molecule has 0 spiro atoms. The number of benzene rings is 2. The standard InChI is InChI=1S/C27H31FN4O2S/c1-3-30(4-2)19-27-17-21-18-29-32(24-12-10-23(28)11-13-24)26(21)16-22(27)14-15-31(20-27)35(33,34)25-8-6-5-7-9-25/h5-13,16,18H,3-4,14-15,17,19-20H2,1-2H3/p+1/t27-/m0/s1. The number of fused-ring (bicyclic) bond motifs is 2. The molecule has 5 rings (SSSR count). The highest BCUT2D eigenvalue weighted by molar-refractivity contribution is 7.95. The quantitative estimate of drug-likeness (QED) is 0.472. The zero-order valence-electron chi connectivity index (χ0n) is 20.2. The molecular weight excluding hydrogens is 463 g/mol. The van der Waals surface area contributed by atoms with E-state index in [1.54, 1.807) is 28.6 Å². The van der Waals surface area contributed by atoms with E-state index in [1.807, 2.05) is 29.1 Å². The molecule has 1 aliphatic heterocycles. The van der Waals surface area contributed by atoms with Crippen LogP contribution in [0.1, 0.15) is 31.5 Å². The molecule has 1 unspecified atom stereocenters. The molecule has 0 amide bonds. The van der Waals surface area contributed by atoms with Crippen LogP contribution in [0, 0.1) is 11.2 Å². The summed E-state index contributed by atoms with van der Waals surface area (Å²) >= 11 is 0. The lowest BCUT2D eigenvalue weighted by Crippen LogP contribution is -2.55. The summed E-state index contributed by atoms with van der Waals surface area (Å²) in [6.45, 7) is 7.97. The van der Waals surface area contributed by atoms with E-state index in [0.717, 1.165) is 43.0 Å². The van der Waals surface area contributed by atoms with Gasteiger partial charge in [-0.05, 0) is 78.2 Å². The topological polar surface area (TPSA) is 61.6 Å². The van der Waals surface area contributed by atoms with Crippen molar-refractivity contribution in [2.45, 2.75) is 31.6 Å². The van der Waals surface area contributed by atoms with Gasteiger partial charge < -0.3 is 4.90 Å². The molecule has 1 fully saturated rings. The van der Waals surface area contributed by atoms with Gasteiger partial charge >= 0.3 is 10.4 Å². The van der Waals surface area contributed by atoms with Gasteiger partial charge in [-0.3, -0.25) is 0 Å². The molecule has 6 nitrogen and oxygen atoms in total. The molecule has 2 aromatic carbocycles. The normalized spacial score (nSPS) is 21.8. The molecular formula is C27H32FN4O2S+. The predicted molar refractivity (Wildman–Crippen MR) is 137 cm³/mol. The fraction of sp³-hybridized carbons (Fsp3) is 0.370. The van der Waals surface area contributed by atoms with E-state index in [-0.39, 0.29) is 11.2 Å². The summed E-state index contributed by atoms with van der Waals surface area (Å²) in [6.07, 6.45) is 5.56. The zero-order valence-corrected chi connectivity index (χ0v) is 21.0. The Balaban J connectivity index is 1.54. The zero-order chi connectivity index (χ0) is 24.6. The Hall–Kier alpha value is -2.65. The summed E-state index contributed by atoms with van der Waals surface area (Å²) in [5, 5.41) is 4.64. The molecule has 3 aromatic rings. The van der Waals surface area contributed by atoms with Gasteiger partial charge in [-0.2, -0.15) is 9.65 Å². The highest BCUT2D eigenvalue weighted by atomic mass is 32.3. The van der Waals surface area contributed by atoms with E-state index in [1.165, 1.54) is 17.7 Å². The molecule has 1 aromatic heterocycles. The third-order valence-corrected chi connectivity index (χ3v) is 9.31. The lowest BCUT2D eigenvalue weighted by Gasteiger charge is -2.46. The molecule has 2 heterocycles. The Morgan fingerprint density at radius 1 is 1.11 bits per heavy atom. The minimum atomic E-state index is -3.34. The monoisotopic (exact) mass is 495 g/mol. The second-order valence-corrected chi connectivity index (χ2v) is 11.4. The van der Waals surface area contributed by atoms with Crippen LogP contribution in [0.25, 0.3) is 11.8 Å². The molecule has 0 bridgehead atoms. The maximum atomic E-state index is 13.6. The summed E-state index contributed by atoms with van der Waals surface area (Å²) in [7, 11) is -3.34.